The molecule has 0 radical (unpaired) electrons. The summed E-state index contributed by atoms with van der Waals surface area (Å²) in [5.41, 5.74) is 1.63. The second kappa shape index (κ2) is 10.2. The molecular weight excluding hydrogens is 398 g/mol. The zero-order valence-electron chi connectivity index (χ0n) is 16.5. The van der Waals surface area contributed by atoms with Crippen LogP contribution in [0.25, 0.3) is 0 Å². The summed E-state index contributed by atoms with van der Waals surface area (Å²) in [6.07, 6.45) is 0.202. The van der Waals surface area contributed by atoms with E-state index in [2.05, 4.69) is 11.4 Å². The van der Waals surface area contributed by atoms with Crippen molar-refractivity contribution in [3.05, 3.63) is 76.5 Å². The number of nitrogens with zero attached hydrogens (tertiary/aromatic N) is 2. The van der Waals surface area contributed by atoms with Crippen LogP contribution in [0.15, 0.2) is 66.0 Å². The fourth-order valence-corrected chi connectivity index (χ4v) is 3.50. The molecule has 0 aliphatic rings. The third-order valence-corrected chi connectivity index (χ3v) is 5.13. The molecule has 1 N–H and O–H groups in total. The number of thiophene rings is 1. The molecule has 2 amide bonds. The third-order valence-electron chi connectivity index (χ3n) is 4.26. The Kier molecular flexibility index (Phi) is 7.19. The van der Waals surface area contributed by atoms with Gasteiger partial charge in [0, 0.05) is 23.5 Å². The standard InChI is InChI=1S/C23H21N3O3S/c1-2-29-20-11-9-19(10-12-20)26(14-5-13-24)23(28)17-6-3-7-18(16-17)25-22(27)21-8-4-15-30-21/h3-4,6-12,15-16H,2,5,14H2,1H3,(H,25,27). The Hall–Kier alpha value is -3.63. The number of carbonyl (C=O) groups is 2. The molecule has 0 saturated carbocycles. The molecule has 0 atom stereocenters. The van der Waals surface area contributed by atoms with Crippen LogP contribution in [0.1, 0.15) is 33.4 Å². The molecule has 1 aromatic heterocycles. The van der Waals surface area contributed by atoms with Gasteiger partial charge in [-0.25, -0.2) is 0 Å². The largest absolute Gasteiger partial charge is 0.494 e. The van der Waals surface area contributed by atoms with E-state index in [9.17, 15) is 9.59 Å². The van der Waals surface area contributed by atoms with E-state index in [1.54, 1.807) is 59.5 Å². The Balaban J connectivity index is 1.81. The summed E-state index contributed by atoms with van der Waals surface area (Å²) in [6, 6.07) is 19.6. The predicted molar refractivity (Wildman–Crippen MR) is 118 cm³/mol. The second-order valence-electron chi connectivity index (χ2n) is 6.30. The van der Waals surface area contributed by atoms with E-state index < -0.39 is 0 Å². The lowest BCUT2D eigenvalue weighted by Gasteiger charge is -2.22. The number of amides is 2. The van der Waals surface area contributed by atoms with Crippen LogP contribution in [0, 0.1) is 11.3 Å². The highest BCUT2D eigenvalue weighted by molar-refractivity contribution is 7.12. The van der Waals surface area contributed by atoms with Crippen LogP contribution in [0.5, 0.6) is 5.75 Å². The normalized spacial score (nSPS) is 10.1. The van der Waals surface area contributed by atoms with E-state index in [-0.39, 0.29) is 24.8 Å². The van der Waals surface area contributed by atoms with Crippen LogP contribution < -0.4 is 15.0 Å². The molecule has 0 unspecified atom stereocenters. The molecule has 0 bridgehead atoms. The summed E-state index contributed by atoms with van der Waals surface area (Å²) in [5, 5.41) is 13.7. The molecule has 0 aliphatic heterocycles. The molecule has 0 saturated heterocycles. The molecule has 0 aliphatic carbocycles. The molecule has 6 nitrogen and oxygen atoms in total. The van der Waals surface area contributed by atoms with Crippen molar-refractivity contribution in [3.63, 3.8) is 0 Å². The molecule has 3 rings (SSSR count). The summed E-state index contributed by atoms with van der Waals surface area (Å²) < 4.78 is 5.46. The van der Waals surface area contributed by atoms with Crippen molar-refractivity contribution in [1.29, 1.82) is 5.26 Å². The van der Waals surface area contributed by atoms with Crippen molar-refractivity contribution in [1.82, 2.24) is 0 Å². The summed E-state index contributed by atoms with van der Waals surface area (Å²) in [7, 11) is 0. The van der Waals surface area contributed by atoms with Crippen molar-refractivity contribution in [3.8, 4) is 11.8 Å². The highest BCUT2D eigenvalue weighted by Gasteiger charge is 2.18. The summed E-state index contributed by atoms with van der Waals surface area (Å²) >= 11 is 1.35. The maximum atomic E-state index is 13.2. The fraction of sp³-hybridized carbons (Fsp3) is 0.174. The van der Waals surface area contributed by atoms with Crippen LogP contribution in [-0.4, -0.2) is 25.0 Å². The second-order valence-corrected chi connectivity index (χ2v) is 7.25. The maximum Gasteiger partial charge on any atom is 0.265 e. The molecule has 0 fully saturated rings. The monoisotopic (exact) mass is 419 g/mol. The number of nitrogens with one attached hydrogen (secondary N) is 1. The minimum Gasteiger partial charge on any atom is -0.494 e. The number of hydrogen-bond acceptors (Lipinski definition) is 5. The van der Waals surface area contributed by atoms with Crippen LogP contribution in [0.3, 0.4) is 0 Å². The molecule has 3 aromatic rings. The third kappa shape index (κ3) is 5.25. The van der Waals surface area contributed by atoms with Crippen LogP contribution >= 0.6 is 11.3 Å². The average molecular weight is 420 g/mol. The van der Waals surface area contributed by atoms with Gasteiger partial charge in [-0.3, -0.25) is 9.59 Å². The van der Waals surface area contributed by atoms with E-state index in [1.165, 1.54) is 11.3 Å². The van der Waals surface area contributed by atoms with Gasteiger partial charge in [-0.2, -0.15) is 5.26 Å². The Labute approximate surface area is 179 Å². The summed E-state index contributed by atoms with van der Waals surface area (Å²) in [4.78, 5) is 27.6. The van der Waals surface area contributed by atoms with Crippen molar-refractivity contribution in [2.45, 2.75) is 13.3 Å². The first-order valence-electron chi connectivity index (χ1n) is 9.49. The van der Waals surface area contributed by atoms with Gasteiger partial charge in [-0.05, 0) is 60.8 Å². The highest BCUT2D eigenvalue weighted by Crippen LogP contribution is 2.23. The highest BCUT2D eigenvalue weighted by atomic mass is 32.1. The van der Waals surface area contributed by atoms with Gasteiger partial charge in [-0.1, -0.05) is 12.1 Å². The van der Waals surface area contributed by atoms with E-state index in [0.29, 0.717) is 34.2 Å². The molecule has 2 aromatic carbocycles. The van der Waals surface area contributed by atoms with Gasteiger partial charge < -0.3 is 15.0 Å². The smallest absolute Gasteiger partial charge is 0.265 e. The van der Waals surface area contributed by atoms with Gasteiger partial charge in [0.25, 0.3) is 11.8 Å². The average Bonchev–Trinajstić information content (AvgIpc) is 3.30. The van der Waals surface area contributed by atoms with Gasteiger partial charge in [0.05, 0.1) is 24.0 Å². The lowest BCUT2D eigenvalue weighted by Crippen LogP contribution is -2.31. The first kappa shape index (κ1) is 21.1. The maximum absolute atomic E-state index is 13.2. The van der Waals surface area contributed by atoms with Gasteiger partial charge in [0.2, 0.25) is 0 Å². The van der Waals surface area contributed by atoms with E-state index in [4.69, 9.17) is 10.00 Å². The predicted octanol–water partition coefficient (Wildman–Crippen LogP) is 4.96. The topological polar surface area (TPSA) is 82.4 Å². The summed E-state index contributed by atoms with van der Waals surface area (Å²) in [5.74, 6) is 0.247. The molecule has 30 heavy (non-hydrogen) atoms. The Bertz CT molecular complexity index is 1040. The number of anilines is 2. The van der Waals surface area contributed by atoms with Gasteiger partial charge >= 0.3 is 0 Å². The Morgan fingerprint density at radius 1 is 1.13 bits per heavy atom. The van der Waals surface area contributed by atoms with Crippen LogP contribution in [0.4, 0.5) is 11.4 Å². The lowest BCUT2D eigenvalue weighted by molar-refractivity contribution is 0.0985. The lowest BCUT2D eigenvalue weighted by atomic mass is 10.1. The van der Waals surface area contributed by atoms with Gasteiger partial charge in [-0.15, -0.1) is 11.3 Å². The van der Waals surface area contributed by atoms with Crippen molar-refractivity contribution < 1.29 is 14.3 Å². The van der Waals surface area contributed by atoms with E-state index in [0.717, 1.165) is 0 Å². The molecule has 7 heteroatoms. The molecule has 1 heterocycles. The van der Waals surface area contributed by atoms with Gasteiger partial charge in [0.1, 0.15) is 5.75 Å². The molecular formula is C23H21N3O3S. The zero-order valence-corrected chi connectivity index (χ0v) is 17.3. The van der Waals surface area contributed by atoms with Gasteiger partial charge in [0.15, 0.2) is 0 Å². The van der Waals surface area contributed by atoms with Crippen LogP contribution in [-0.2, 0) is 0 Å². The van der Waals surface area contributed by atoms with E-state index in [1.807, 2.05) is 18.4 Å². The SMILES string of the molecule is CCOc1ccc(N(CCC#N)C(=O)c2cccc(NC(=O)c3cccs3)c2)cc1. The number of hydrogen-bond donors (Lipinski definition) is 1. The number of carbonyl (C=O) groups excluding carboxylic acids is 2. The molecule has 152 valence electrons. The minimum atomic E-state index is -0.248. The summed E-state index contributed by atoms with van der Waals surface area (Å²) in [6.45, 7) is 2.72. The van der Waals surface area contributed by atoms with Crippen molar-refractivity contribution >= 4 is 34.5 Å². The number of rotatable bonds is 8. The van der Waals surface area contributed by atoms with Crippen LogP contribution in [0.2, 0.25) is 0 Å². The molecule has 0 spiro atoms. The fourth-order valence-electron chi connectivity index (χ4n) is 2.88. The number of benzene rings is 2. The Morgan fingerprint density at radius 3 is 2.60 bits per heavy atom. The number of ether oxygens (including phenoxy) is 1. The zero-order chi connectivity index (χ0) is 21.3. The Morgan fingerprint density at radius 2 is 1.93 bits per heavy atom. The quantitative estimate of drug-likeness (QED) is 0.559. The first-order valence-corrected chi connectivity index (χ1v) is 10.4. The number of nitriles is 1. The van der Waals surface area contributed by atoms with E-state index >= 15 is 0 Å². The first-order chi connectivity index (χ1) is 14.6. The van der Waals surface area contributed by atoms with Crippen molar-refractivity contribution in [2.24, 2.45) is 0 Å². The van der Waals surface area contributed by atoms with Crippen molar-refractivity contribution in [2.75, 3.05) is 23.4 Å². The minimum absolute atomic E-state index is 0.202.